The number of carboxylic acid groups (broad SMARTS) is 1. The minimum absolute atomic E-state index is 0.0222. The van der Waals surface area contributed by atoms with E-state index in [0.29, 0.717) is 10.7 Å². The van der Waals surface area contributed by atoms with E-state index in [1.54, 1.807) is 7.05 Å². The lowest BCUT2D eigenvalue weighted by molar-refractivity contribution is -0.138. The molecular formula is C13H16Cl2N2O3. The minimum Gasteiger partial charge on any atom is -0.480 e. The second-order valence-corrected chi connectivity index (χ2v) is 5.76. The van der Waals surface area contributed by atoms with Crippen LogP contribution in [0.3, 0.4) is 0 Å². The number of aliphatic carboxylic acids is 1. The predicted octanol–water partition coefficient (Wildman–Crippen LogP) is 2.80. The van der Waals surface area contributed by atoms with Crippen molar-refractivity contribution in [1.82, 2.24) is 9.47 Å². The van der Waals surface area contributed by atoms with Gasteiger partial charge in [0.2, 0.25) is 0 Å². The van der Waals surface area contributed by atoms with Crippen LogP contribution in [-0.4, -0.2) is 39.0 Å². The number of hydrogen-bond acceptors (Lipinski definition) is 2. The maximum absolute atomic E-state index is 12.6. The summed E-state index contributed by atoms with van der Waals surface area (Å²) in [5.74, 6) is -1.35. The number of hydrogen-bond donors (Lipinski definition) is 1. The van der Waals surface area contributed by atoms with Gasteiger partial charge in [-0.15, -0.1) is 0 Å². The van der Waals surface area contributed by atoms with Crippen molar-refractivity contribution >= 4 is 35.1 Å². The molecule has 2 rings (SSSR count). The number of carboxylic acids is 1. The van der Waals surface area contributed by atoms with Gasteiger partial charge in [0.1, 0.15) is 17.4 Å². The fourth-order valence-corrected chi connectivity index (χ4v) is 3.00. The summed E-state index contributed by atoms with van der Waals surface area (Å²) in [5.41, 5.74) is 0.313. The van der Waals surface area contributed by atoms with Crippen LogP contribution in [-0.2, 0) is 11.8 Å². The van der Waals surface area contributed by atoms with Crippen molar-refractivity contribution in [2.45, 2.75) is 31.7 Å². The third-order valence-electron chi connectivity index (χ3n) is 3.67. The van der Waals surface area contributed by atoms with E-state index in [-0.39, 0.29) is 23.6 Å². The molecule has 1 aromatic heterocycles. The summed E-state index contributed by atoms with van der Waals surface area (Å²) in [5, 5.41) is 9.58. The molecular weight excluding hydrogens is 303 g/mol. The van der Waals surface area contributed by atoms with Gasteiger partial charge in [0.25, 0.3) is 5.91 Å². The summed E-state index contributed by atoms with van der Waals surface area (Å²) >= 11 is 11.9. The number of amides is 1. The van der Waals surface area contributed by atoms with Gasteiger partial charge >= 0.3 is 5.97 Å². The van der Waals surface area contributed by atoms with Gasteiger partial charge in [-0.3, -0.25) is 9.59 Å². The molecule has 1 fully saturated rings. The molecule has 0 radical (unpaired) electrons. The van der Waals surface area contributed by atoms with E-state index in [1.165, 1.54) is 15.5 Å². The summed E-state index contributed by atoms with van der Waals surface area (Å²) in [7, 11) is 1.63. The van der Waals surface area contributed by atoms with Crippen molar-refractivity contribution in [2.75, 3.05) is 6.54 Å². The zero-order valence-electron chi connectivity index (χ0n) is 11.1. The van der Waals surface area contributed by atoms with Gasteiger partial charge in [-0.1, -0.05) is 36.0 Å². The maximum atomic E-state index is 12.6. The molecule has 1 aliphatic rings. The van der Waals surface area contributed by atoms with E-state index < -0.39 is 5.97 Å². The summed E-state index contributed by atoms with van der Waals surface area (Å²) in [4.78, 5) is 25.0. The number of nitrogens with zero attached hydrogens (tertiary/aromatic N) is 2. The molecule has 1 amide bonds. The normalized spacial score (nSPS) is 15.6. The van der Waals surface area contributed by atoms with Gasteiger partial charge in [0.05, 0.1) is 5.02 Å². The number of carbonyl (C=O) groups excluding carboxylic acids is 1. The quantitative estimate of drug-likeness (QED) is 0.928. The first-order valence-corrected chi connectivity index (χ1v) is 7.21. The second kappa shape index (κ2) is 6.06. The van der Waals surface area contributed by atoms with Crippen LogP contribution in [0.25, 0.3) is 0 Å². The van der Waals surface area contributed by atoms with Crippen LogP contribution in [0, 0.1) is 0 Å². The van der Waals surface area contributed by atoms with Gasteiger partial charge in [-0.2, -0.15) is 0 Å². The van der Waals surface area contributed by atoms with Crippen molar-refractivity contribution in [3.8, 4) is 0 Å². The largest absolute Gasteiger partial charge is 0.480 e. The highest BCUT2D eigenvalue weighted by atomic mass is 35.5. The van der Waals surface area contributed by atoms with Gasteiger partial charge in [0, 0.05) is 13.1 Å². The molecule has 7 heteroatoms. The monoisotopic (exact) mass is 318 g/mol. The number of carbonyl (C=O) groups is 2. The Balaban J connectivity index is 2.29. The fourth-order valence-electron chi connectivity index (χ4n) is 2.62. The lowest BCUT2D eigenvalue weighted by Crippen LogP contribution is -2.42. The third kappa shape index (κ3) is 2.94. The van der Waals surface area contributed by atoms with E-state index in [2.05, 4.69) is 0 Å². The van der Waals surface area contributed by atoms with Crippen molar-refractivity contribution in [3.05, 3.63) is 21.9 Å². The Kier molecular flexibility index (Phi) is 4.60. The minimum atomic E-state index is -1.02. The van der Waals surface area contributed by atoms with Crippen LogP contribution in [0.15, 0.2) is 6.07 Å². The second-order valence-electron chi connectivity index (χ2n) is 4.99. The van der Waals surface area contributed by atoms with E-state index in [0.717, 1.165) is 25.7 Å². The number of rotatable bonds is 4. The van der Waals surface area contributed by atoms with Crippen LogP contribution in [0.1, 0.15) is 36.2 Å². The molecule has 0 spiro atoms. The van der Waals surface area contributed by atoms with Crippen molar-refractivity contribution in [2.24, 2.45) is 7.05 Å². The standard InChI is InChI=1S/C13H16Cl2N2O3/c1-16-10(6-9(14)12(16)15)13(20)17(7-11(18)19)8-4-2-3-5-8/h6,8H,2-5,7H2,1H3,(H,18,19). The zero-order chi connectivity index (χ0) is 14.9. The molecule has 1 saturated carbocycles. The first-order valence-electron chi connectivity index (χ1n) is 6.45. The smallest absolute Gasteiger partial charge is 0.323 e. The Morgan fingerprint density at radius 2 is 2.00 bits per heavy atom. The average Bonchev–Trinajstić information content (AvgIpc) is 3.00. The van der Waals surface area contributed by atoms with E-state index in [1.807, 2.05) is 0 Å². The zero-order valence-corrected chi connectivity index (χ0v) is 12.6. The fraction of sp³-hybridized carbons (Fsp3) is 0.538. The molecule has 0 bridgehead atoms. The van der Waals surface area contributed by atoms with Crippen molar-refractivity contribution in [3.63, 3.8) is 0 Å². The summed E-state index contributed by atoms with van der Waals surface area (Å²) in [6.07, 6.45) is 3.71. The number of halogens is 2. The highest BCUT2D eigenvalue weighted by Crippen LogP contribution is 2.29. The molecule has 0 unspecified atom stereocenters. The number of aromatic nitrogens is 1. The molecule has 20 heavy (non-hydrogen) atoms. The Bertz CT molecular complexity index is 536. The summed E-state index contributed by atoms with van der Waals surface area (Å²) in [6.45, 7) is -0.302. The van der Waals surface area contributed by atoms with Crippen molar-refractivity contribution < 1.29 is 14.7 Å². The van der Waals surface area contributed by atoms with Gasteiger partial charge in [-0.05, 0) is 18.9 Å². The Labute approximate surface area is 127 Å². The van der Waals surface area contributed by atoms with E-state index in [4.69, 9.17) is 28.3 Å². The molecule has 0 saturated heterocycles. The molecule has 1 aromatic rings. The molecule has 1 aliphatic carbocycles. The SMILES string of the molecule is Cn1c(C(=O)N(CC(=O)O)C2CCCC2)cc(Cl)c1Cl. The molecule has 5 nitrogen and oxygen atoms in total. The van der Waals surface area contributed by atoms with Crippen LogP contribution in [0.2, 0.25) is 10.2 Å². The van der Waals surface area contributed by atoms with Gasteiger partial charge in [-0.25, -0.2) is 0 Å². The molecule has 1 heterocycles. The lowest BCUT2D eigenvalue weighted by atomic mass is 10.2. The average molecular weight is 319 g/mol. The van der Waals surface area contributed by atoms with Crippen LogP contribution in [0.5, 0.6) is 0 Å². The van der Waals surface area contributed by atoms with Crippen LogP contribution in [0.4, 0.5) is 0 Å². The highest BCUT2D eigenvalue weighted by molar-refractivity contribution is 6.41. The van der Waals surface area contributed by atoms with Crippen LogP contribution >= 0.6 is 23.2 Å². The first kappa shape index (κ1) is 15.2. The Morgan fingerprint density at radius 3 is 2.45 bits per heavy atom. The van der Waals surface area contributed by atoms with E-state index in [9.17, 15) is 9.59 Å². The Morgan fingerprint density at radius 1 is 1.40 bits per heavy atom. The summed E-state index contributed by atoms with van der Waals surface area (Å²) < 4.78 is 1.48. The topological polar surface area (TPSA) is 62.5 Å². The molecule has 1 N–H and O–H groups in total. The van der Waals surface area contributed by atoms with Gasteiger partial charge < -0.3 is 14.6 Å². The first-order chi connectivity index (χ1) is 9.41. The molecule has 0 aromatic carbocycles. The van der Waals surface area contributed by atoms with E-state index >= 15 is 0 Å². The van der Waals surface area contributed by atoms with Crippen LogP contribution < -0.4 is 0 Å². The molecule has 0 aliphatic heterocycles. The third-order valence-corrected chi connectivity index (χ3v) is 4.51. The molecule has 110 valence electrons. The summed E-state index contributed by atoms with van der Waals surface area (Å²) in [6, 6.07) is 1.46. The van der Waals surface area contributed by atoms with Gasteiger partial charge in [0.15, 0.2) is 0 Å². The predicted molar refractivity (Wildman–Crippen MR) is 76.4 cm³/mol. The van der Waals surface area contributed by atoms with Crippen molar-refractivity contribution in [1.29, 1.82) is 0 Å². The maximum Gasteiger partial charge on any atom is 0.323 e. The highest BCUT2D eigenvalue weighted by Gasteiger charge is 2.31. The lowest BCUT2D eigenvalue weighted by Gasteiger charge is -2.27. The molecule has 0 atom stereocenters. The Hall–Kier alpha value is -1.20.